The standard InChI is InChI=1S/C16H22N2O2S/c1-3-12(13-5-4-10-21-13)18-9-8-14(19)17-16(2,15(18)20)11-6-7-11/h4-5,10-12H,3,6-9H2,1-2H3,(H,17,19). The minimum Gasteiger partial charge on any atom is -0.342 e. The second kappa shape index (κ2) is 5.44. The Balaban J connectivity index is 1.92. The molecule has 2 amide bonds. The van der Waals surface area contributed by atoms with Crippen molar-refractivity contribution in [2.45, 2.75) is 51.1 Å². The highest BCUT2D eigenvalue weighted by atomic mass is 32.1. The number of carbonyl (C=O) groups is 2. The van der Waals surface area contributed by atoms with Crippen LogP contribution in [0.3, 0.4) is 0 Å². The number of rotatable bonds is 4. The molecule has 2 aliphatic rings. The van der Waals surface area contributed by atoms with Gasteiger partial charge in [0, 0.05) is 17.8 Å². The fraction of sp³-hybridized carbons (Fsp3) is 0.625. The van der Waals surface area contributed by atoms with Crippen LogP contribution in [0.2, 0.25) is 0 Å². The highest BCUT2D eigenvalue weighted by Gasteiger charge is 2.52. The first-order valence-electron chi connectivity index (χ1n) is 7.71. The summed E-state index contributed by atoms with van der Waals surface area (Å²) >= 11 is 1.68. The zero-order valence-corrected chi connectivity index (χ0v) is 13.4. The molecule has 4 nitrogen and oxygen atoms in total. The molecule has 0 radical (unpaired) electrons. The Morgan fingerprint density at radius 2 is 2.24 bits per heavy atom. The van der Waals surface area contributed by atoms with Crippen LogP contribution >= 0.6 is 11.3 Å². The number of hydrogen-bond donors (Lipinski definition) is 1. The maximum atomic E-state index is 13.1. The second-order valence-electron chi connectivity index (χ2n) is 6.21. The number of nitrogens with zero attached hydrogens (tertiary/aromatic N) is 1. The van der Waals surface area contributed by atoms with Gasteiger partial charge in [0.15, 0.2) is 0 Å². The lowest BCUT2D eigenvalue weighted by Gasteiger charge is -2.36. The van der Waals surface area contributed by atoms with Crippen LogP contribution in [-0.2, 0) is 9.59 Å². The summed E-state index contributed by atoms with van der Waals surface area (Å²) in [6.07, 6.45) is 3.34. The third kappa shape index (κ3) is 2.59. The predicted octanol–water partition coefficient (Wildman–Crippen LogP) is 2.72. The van der Waals surface area contributed by atoms with Crippen LogP contribution in [0, 0.1) is 5.92 Å². The first kappa shape index (κ1) is 14.6. The molecule has 1 aromatic rings. The summed E-state index contributed by atoms with van der Waals surface area (Å²) in [5, 5.41) is 5.04. The van der Waals surface area contributed by atoms with E-state index in [0.717, 1.165) is 19.3 Å². The van der Waals surface area contributed by atoms with Crippen LogP contribution in [0.15, 0.2) is 17.5 Å². The van der Waals surface area contributed by atoms with Crippen LogP contribution in [0.25, 0.3) is 0 Å². The summed E-state index contributed by atoms with van der Waals surface area (Å²) in [6, 6.07) is 4.19. The molecule has 21 heavy (non-hydrogen) atoms. The van der Waals surface area contributed by atoms with Crippen molar-refractivity contribution in [2.24, 2.45) is 5.92 Å². The predicted molar refractivity (Wildman–Crippen MR) is 83.0 cm³/mol. The molecule has 1 N–H and O–H groups in total. The van der Waals surface area contributed by atoms with Crippen molar-refractivity contribution in [1.82, 2.24) is 10.2 Å². The zero-order chi connectivity index (χ0) is 15.0. The monoisotopic (exact) mass is 306 g/mol. The highest BCUT2D eigenvalue weighted by molar-refractivity contribution is 7.10. The molecule has 1 aliphatic carbocycles. The van der Waals surface area contributed by atoms with E-state index in [2.05, 4.69) is 18.3 Å². The Morgan fingerprint density at radius 3 is 2.81 bits per heavy atom. The summed E-state index contributed by atoms with van der Waals surface area (Å²) in [4.78, 5) is 28.3. The Labute approximate surface area is 129 Å². The molecule has 2 heterocycles. The van der Waals surface area contributed by atoms with Crippen LogP contribution in [0.4, 0.5) is 0 Å². The molecule has 0 bridgehead atoms. The lowest BCUT2D eigenvalue weighted by Crippen LogP contribution is -2.57. The molecule has 1 aromatic heterocycles. The topological polar surface area (TPSA) is 49.4 Å². The number of carbonyl (C=O) groups excluding carboxylic acids is 2. The van der Waals surface area contributed by atoms with Crippen LogP contribution < -0.4 is 5.32 Å². The summed E-state index contributed by atoms with van der Waals surface area (Å²) in [7, 11) is 0. The molecule has 1 saturated heterocycles. The van der Waals surface area contributed by atoms with Crippen LogP contribution in [0.1, 0.15) is 50.4 Å². The maximum absolute atomic E-state index is 13.1. The minimum atomic E-state index is -0.710. The quantitative estimate of drug-likeness (QED) is 0.930. The Hall–Kier alpha value is -1.36. The number of nitrogens with one attached hydrogen (secondary N) is 1. The van der Waals surface area contributed by atoms with E-state index in [4.69, 9.17) is 0 Å². The third-order valence-electron chi connectivity index (χ3n) is 4.71. The molecule has 114 valence electrons. The summed E-state index contributed by atoms with van der Waals surface area (Å²) < 4.78 is 0. The van der Waals surface area contributed by atoms with Crippen molar-refractivity contribution >= 4 is 23.2 Å². The van der Waals surface area contributed by atoms with Gasteiger partial charge in [-0.25, -0.2) is 0 Å². The summed E-state index contributed by atoms with van der Waals surface area (Å²) in [5.41, 5.74) is -0.710. The van der Waals surface area contributed by atoms with E-state index in [1.54, 1.807) is 11.3 Å². The molecule has 0 aromatic carbocycles. The smallest absolute Gasteiger partial charge is 0.248 e. The van der Waals surface area contributed by atoms with Crippen molar-refractivity contribution in [2.75, 3.05) is 6.54 Å². The first-order valence-corrected chi connectivity index (χ1v) is 8.59. The van der Waals surface area contributed by atoms with E-state index in [9.17, 15) is 9.59 Å². The number of amides is 2. The van der Waals surface area contributed by atoms with Crippen molar-refractivity contribution in [1.29, 1.82) is 0 Å². The number of thiophene rings is 1. The van der Waals surface area contributed by atoms with Gasteiger partial charge in [-0.3, -0.25) is 9.59 Å². The van der Waals surface area contributed by atoms with Crippen LogP contribution in [0.5, 0.6) is 0 Å². The van der Waals surface area contributed by atoms with E-state index in [-0.39, 0.29) is 17.9 Å². The molecule has 3 rings (SSSR count). The fourth-order valence-corrected chi connectivity index (χ4v) is 4.24. The summed E-state index contributed by atoms with van der Waals surface area (Å²) in [6.45, 7) is 4.53. The number of hydrogen-bond acceptors (Lipinski definition) is 3. The zero-order valence-electron chi connectivity index (χ0n) is 12.6. The van der Waals surface area contributed by atoms with Crippen LogP contribution in [-0.4, -0.2) is 28.8 Å². The van der Waals surface area contributed by atoms with E-state index >= 15 is 0 Å². The highest BCUT2D eigenvalue weighted by Crippen LogP contribution is 2.43. The molecule has 1 saturated carbocycles. The van der Waals surface area contributed by atoms with Gasteiger partial charge in [-0.2, -0.15) is 0 Å². The van der Waals surface area contributed by atoms with Gasteiger partial charge < -0.3 is 10.2 Å². The Bertz CT molecular complexity index is 538. The van der Waals surface area contributed by atoms with Crippen molar-refractivity contribution in [3.63, 3.8) is 0 Å². The van der Waals surface area contributed by atoms with Gasteiger partial charge in [0.25, 0.3) is 0 Å². The fourth-order valence-electron chi connectivity index (χ4n) is 3.32. The van der Waals surface area contributed by atoms with Gasteiger partial charge in [-0.15, -0.1) is 11.3 Å². The molecule has 5 heteroatoms. The van der Waals surface area contributed by atoms with Gasteiger partial charge in [-0.05, 0) is 43.6 Å². The Morgan fingerprint density at radius 1 is 1.48 bits per heavy atom. The summed E-state index contributed by atoms with van der Waals surface area (Å²) in [5.74, 6) is 0.396. The molecule has 2 unspecified atom stereocenters. The molecule has 2 fully saturated rings. The van der Waals surface area contributed by atoms with Crippen molar-refractivity contribution in [3.05, 3.63) is 22.4 Å². The van der Waals surface area contributed by atoms with E-state index < -0.39 is 5.54 Å². The van der Waals surface area contributed by atoms with Gasteiger partial charge in [0.05, 0.1) is 6.04 Å². The van der Waals surface area contributed by atoms with Gasteiger partial charge in [0.1, 0.15) is 5.54 Å². The van der Waals surface area contributed by atoms with E-state index in [0.29, 0.717) is 18.9 Å². The van der Waals surface area contributed by atoms with Gasteiger partial charge >= 0.3 is 0 Å². The lowest BCUT2D eigenvalue weighted by molar-refractivity contribution is -0.141. The molecular formula is C16H22N2O2S. The average molecular weight is 306 g/mol. The largest absolute Gasteiger partial charge is 0.342 e. The van der Waals surface area contributed by atoms with E-state index in [1.165, 1.54) is 4.88 Å². The average Bonchev–Trinajstić information content (AvgIpc) is 3.21. The normalized spacial score (nSPS) is 28.2. The second-order valence-corrected chi connectivity index (χ2v) is 7.19. The molecule has 1 aliphatic heterocycles. The lowest BCUT2D eigenvalue weighted by atomic mass is 9.93. The molecule has 2 atom stereocenters. The van der Waals surface area contributed by atoms with Crippen molar-refractivity contribution in [3.8, 4) is 0 Å². The molecule has 0 spiro atoms. The van der Waals surface area contributed by atoms with Gasteiger partial charge in [0.2, 0.25) is 11.8 Å². The third-order valence-corrected chi connectivity index (χ3v) is 5.69. The maximum Gasteiger partial charge on any atom is 0.248 e. The molecular weight excluding hydrogens is 284 g/mol. The minimum absolute atomic E-state index is 0.00119. The Kier molecular flexibility index (Phi) is 3.78. The van der Waals surface area contributed by atoms with E-state index in [1.807, 2.05) is 23.3 Å². The van der Waals surface area contributed by atoms with Gasteiger partial charge in [-0.1, -0.05) is 13.0 Å². The van der Waals surface area contributed by atoms with Crippen molar-refractivity contribution < 1.29 is 9.59 Å². The SMILES string of the molecule is CCC(c1cccs1)N1CCC(=O)NC(C)(C2CC2)C1=O. The first-order chi connectivity index (χ1) is 10.1.